The fourth-order valence-corrected chi connectivity index (χ4v) is 2.87. The van der Waals surface area contributed by atoms with Crippen LogP contribution in [-0.2, 0) is 0 Å². The van der Waals surface area contributed by atoms with Gasteiger partial charge in [-0.1, -0.05) is 12.1 Å². The molecule has 2 heterocycles. The summed E-state index contributed by atoms with van der Waals surface area (Å²) in [5.74, 6) is 0. The van der Waals surface area contributed by atoms with E-state index in [0.717, 1.165) is 22.5 Å². The maximum atomic E-state index is 10.7. The van der Waals surface area contributed by atoms with Gasteiger partial charge in [-0.3, -0.25) is 14.9 Å². The van der Waals surface area contributed by atoms with Crippen molar-refractivity contribution in [2.75, 3.05) is 20.8 Å². The van der Waals surface area contributed by atoms with Crippen molar-refractivity contribution in [3.63, 3.8) is 0 Å². The molecule has 0 aliphatic heterocycles. The number of likely N-dealkylation sites (N-methyl/N-ethyl adjacent to an activating group) is 1. The van der Waals surface area contributed by atoms with Gasteiger partial charge in [0.15, 0.2) is 0 Å². The van der Waals surface area contributed by atoms with Crippen molar-refractivity contribution in [3.8, 4) is 11.4 Å². The Kier molecular flexibility index (Phi) is 3.48. The summed E-state index contributed by atoms with van der Waals surface area (Å²) in [7, 11) is 3.88. The highest BCUT2D eigenvalue weighted by molar-refractivity contribution is 5.67. The van der Waals surface area contributed by atoms with E-state index in [1.807, 2.05) is 38.4 Å². The van der Waals surface area contributed by atoms with E-state index in [2.05, 4.69) is 20.2 Å². The van der Waals surface area contributed by atoms with Crippen LogP contribution < -0.4 is 5.32 Å². The van der Waals surface area contributed by atoms with Crippen molar-refractivity contribution >= 4 is 0 Å². The van der Waals surface area contributed by atoms with Gasteiger partial charge < -0.3 is 10.4 Å². The molecule has 2 N–H and O–H groups in total. The molecule has 0 fully saturated rings. The van der Waals surface area contributed by atoms with Gasteiger partial charge in [-0.15, -0.1) is 0 Å². The van der Waals surface area contributed by atoms with E-state index in [1.165, 1.54) is 0 Å². The summed E-state index contributed by atoms with van der Waals surface area (Å²) in [5, 5.41) is 13.8. The molecule has 2 unspecified atom stereocenters. The van der Waals surface area contributed by atoms with Crippen LogP contribution in [-0.4, -0.2) is 40.7 Å². The van der Waals surface area contributed by atoms with Crippen molar-refractivity contribution < 1.29 is 5.11 Å². The number of aliphatic hydroxyl groups excluding tert-OH is 1. The second kappa shape index (κ2) is 5.28. The summed E-state index contributed by atoms with van der Waals surface area (Å²) >= 11 is 0. The van der Waals surface area contributed by atoms with Crippen LogP contribution in [0.4, 0.5) is 0 Å². The molecule has 0 amide bonds. The number of nitrogens with zero attached hydrogens (tertiary/aromatic N) is 3. The maximum Gasteiger partial charge on any atom is 0.101 e. The SMILES string of the molecule is CNCN(C)C1c2cccnc2-c2ncccc2C1O. The summed E-state index contributed by atoms with van der Waals surface area (Å²) in [6.07, 6.45) is 2.90. The minimum Gasteiger partial charge on any atom is -0.386 e. The lowest BCUT2D eigenvalue weighted by Gasteiger charge is -2.36. The van der Waals surface area contributed by atoms with E-state index in [9.17, 15) is 5.11 Å². The molecular weight excluding hydrogens is 252 g/mol. The van der Waals surface area contributed by atoms with Crippen LogP contribution in [0.3, 0.4) is 0 Å². The number of aliphatic hydroxyl groups is 1. The fraction of sp³-hybridized carbons (Fsp3) is 0.333. The van der Waals surface area contributed by atoms with Crippen LogP contribution in [0.25, 0.3) is 11.4 Å². The first-order chi connectivity index (χ1) is 9.74. The average molecular weight is 270 g/mol. The zero-order valence-electron chi connectivity index (χ0n) is 11.6. The molecule has 5 heteroatoms. The molecule has 0 saturated carbocycles. The molecule has 20 heavy (non-hydrogen) atoms. The van der Waals surface area contributed by atoms with Gasteiger partial charge in [0, 0.05) is 30.2 Å². The number of hydrogen-bond donors (Lipinski definition) is 2. The second-order valence-corrected chi connectivity index (χ2v) is 5.04. The minimum absolute atomic E-state index is 0.122. The van der Waals surface area contributed by atoms with Crippen LogP contribution in [0.2, 0.25) is 0 Å². The van der Waals surface area contributed by atoms with Gasteiger partial charge in [0.2, 0.25) is 0 Å². The molecule has 1 aliphatic rings. The van der Waals surface area contributed by atoms with Crippen molar-refractivity contribution in [3.05, 3.63) is 47.8 Å². The van der Waals surface area contributed by atoms with Crippen LogP contribution in [0.1, 0.15) is 23.3 Å². The Morgan fingerprint density at radius 2 is 1.75 bits per heavy atom. The lowest BCUT2D eigenvalue weighted by Crippen LogP contribution is -2.37. The Hall–Kier alpha value is -1.82. The van der Waals surface area contributed by atoms with Crippen LogP contribution >= 0.6 is 0 Å². The predicted octanol–water partition coefficient (Wildman–Crippen LogP) is 1.34. The first-order valence-electron chi connectivity index (χ1n) is 6.67. The molecule has 1 aliphatic carbocycles. The van der Waals surface area contributed by atoms with E-state index < -0.39 is 6.10 Å². The third-order valence-electron chi connectivity index (χ3n) is 3.72. The molecule has 0 radical (unpaired) electrons. The van der Waals surface area contributed by atoms with Crippen molar-refractivity contribution in [2.45, 2.75) is 12.1 Å². The van der Waals surface area contributed by atoms with E-state index in [1.54, 1.807) is 12.4 Å². The topological polar surface area (TPSA) is 61.3 Å². The number of fused-ring (bicyclic) bond motifs is 3. The Bertz CT molecular complexity index is 616. The number of hydrogen-bond acceptors (Lipinski definition) is 5. The second-order valence-electron chi connectivity index (χ2n) is 5.04. The summed E-state index contributed by atoms with van der Waals surface area (Å²) in [6, 6.07) is 7.57. The first kappa shape index (κ1) is 13.2. The van der Waals surface area contributed by atoms with Gasteiger partial charge in [0.1, 0.15) is 6.10 Å². The Balaban J connectivity index is 2.16. The third-order valence-corrected chi connectivity index (χ3v) is 3.72. The zero-order chi connectivity index (χ0) is 14.1. The highest BCUT2D eigenvalue weighted by Gasteiger charge is 2.36. The van der Waals surface area contributed by atoms with Gasteiger partial charge >= 0.3 is 0 Å². The third kappa shape index (κ3) is 2.00. The number of aromatic nitrogens is 2. The van der Waals surface area contributed by atoms with E-state index in [0.29, 0.717) is 6.67 Å². The molecule has 2 aromatic rings. The highest BCUT2D eigenvalue weighted by Crippen LogP contribution is 2.44. The minimum atomic E-state index is -0.603. The van der Waals surface area contributed by atoms with Gasteiger partial charge in [0.05, 0.1) is 17.4 Å². The smallest absolute Gasteiger partial charge is 0.101 e. The van der Waals surface area contributed by atoms with E-state index in [-0.39, 0.29) is 6.04 Å². The number of rotatable bonds is 3. The summed E-state index contributed by atoms with van der Waals surface area (Å²) < 4.78 is 0. The van der Waals surface area contributed by atoms with Gasteiger partial charge in [-0.2, -0.15) is 0 Å². The van der Waals surface area contributed by atoms with Crippen LogP contribution in [0.5, 0.6) is 0 Å². The molecule has 0 spiro atoms. The molecule has 5 nitrogen and oxygen atoms in total. The van der Waals surface area contributed by atoms with Gasteiger partial charge in [0.25, 0.3) is 0 Å². The molecule has 0 bridgehead atoms. The zero-order valence-corrected chi connectivity index (χ0v) is 11.6. The Morgan fingerprint density at radius 1 is 1.15 bits per heavy atom. The number of nitrogens with one attached hydrogen (secondary N) is 1. The Labute approximate surface area is 118 Å². The van der Waals surface area contributed by atoms with Crippen LogP contribution in [0.15, 0.2) is 36.7 Å². The van der Waals surface area contributed by atoms with E-state index in [4.69, 9.17) is 0 Å². The first-order valence-corrected chi connectivity index (χ1v) is 6.67. The maximum absolute atomic E-state index is 10.7. The average Bonchev–Trinajstić information content (AvgIpc) is 2.48. The highest BCUT2D eigenvalue weighted by atomic mass is 16.3. The molecule has 0 saturated heterocycles. The fourth-order valence-electron chi connectivity index (χ4n) is 2.87. The van der Waals surface area contributed by atoms with Crippen molar-refractivity contribution in [2.24, 2.45) is 0 Å². The normalized spacial score (nSPS) is 20.6. The quantitative estimate of drug-likeness (QED) is 0.824. The summed E-state index contributed by atoms with van der Waals surface area (Å²) in [4.78, 5) is 10.9. The molecular formula is C15H18N4O. The lowest BCUT2D eigenvalue weighted by molar-refractivity contribution is 0.0568. The molecule has 104 valence electrons. The van der Waals surface area contributed by atoms with E-state index >= 15 is 0 Å². The molecule has 2 atom stereocenters. The van der Waals surface area contributed by atoms with Crippen LogP contribution in [0, 0.1) is 0 Å². The largest absolute Gasteiger partial charge is 0.386 e. The Morgan fingerprint density at radius 3 is 2.40 bits per heavy atom. The summed E-state index contributed by atoms with van der Waals surface area (Å²) in [6.45, 7) is 0.686. The van der Waals surface area contributed by atoms with Crippen molar-refractivity contribution in [1.82, 2.24) is 20.2 Å². The lowest BCUT2D eigenvalue weighted by atomic mass is 9.85. The number of pyridine rings is 2. The van der Waals surface area contributed by atoms with Gasteiger partial charge in [-0.05, 0) is 26.2 Å². The predicted molar refractivity (Wildman–Crippen MR) is 76.9 cm³/mol. The standard InChI is InChI=1S/C15H18N4O/c1-16-9-19(2)14-10-5-3-7-17-12(10)13-11(15(14)20)6-4-8-18-13/h3-8,14-16,20H,9H2,1-2H3. The molecule has 2 aromatic heterocycles. The summed E-state index contributed by atoms with van der Waals surface area (Å²) in [5.41, 5.74) is 3.50. The van der Waals surface area contributed by atoms with Crippen molar-refractivity contribution in [1.29, 1.82) is 0 Å². The monoisotopic (exact) mass is 270 g/mol. The molecule has 3 rings (SSSR count). The molecule has 0 aromatic carbocycles. The van der Waals surface area contributed by atoms with Gasteiger partial charge in [-0.25, -0.2) is 0 Å².